The van der Waals surface area contributed by atoms with Gasteiger partial charge in [0.15, 0.2) is 0 Å². The third-order valence-corrected chi connectivity index (χ3v) is 12.7. The van der Waals surface area contributed by atoms with Crippen LogP contribution in [-0.4, -0.2) is 4.57 Å². The molecule has 0 saturated carbocycles. The van der Waals surface area contributed by atoms with Crippen LogP contribution in [0.4, 0.5) is 17.1 Å². The Kier molecular flexibility index (Phi) is 8.82. The van der Waals surface area contributed by atoms with Gasteiger partial charge in [-0.1, -0.05) is 200 Å². The maximum Gasteiger partial charge on any atom is 0.0645 e. The summed E-state index contributed by atoms with van der Waals surface area (Å²) in [5.41, 5.74) is 14.3. The van der Waals surface area contributed by atoms with Crippen LogP contribution in [-0.2, 0) is 0 Å². The molecule has 0 fully saturated rings. The van der Waals surface area contributed by atoms with Gasteiger partial charge in [-0.25, -0.2) is 0 Å². The molecule has 2 nitrogen and oxygen atoms in total. The van der Waals surface area contributed by atoms with Gasteiger partial charge in [-0.15, -0.1) is 0 Å². The fourth-order valence-corrected chi connectivity index (χ4v) is 9.36. The molecule has 1 heterocycles. The number of hydrogen-bond acceptors (Lipinski definition) is 1. The minimum absolute atomic E-state index is 0.109. The van der Waals surface area contributed by atoms with Crippen LogP contribution in [0.15, 0.2) is 267 Å². The van der Waals surface area contributed by atoms with Crippen LogP contribution in [0.25, 0.3) is 93.9 Å². The fourth-order valence-electron chi connectivity index (χ4n) is 9.36. The second-order valence-electron chi connectivity index (χ2n) is 16.6. The highest BCUT2D eigenvalue weighted by Gasteiger charge is 2.17. The molecule has 0 aliphatic rings. The Labute approximate surface area is 391 Å². The first-order valence-corrected chi connectivity index (χ1v) is 22.3. The minimum Gasteiger partial charge on any atom is -0.311 e. The van der Waals surface area contributed by atoms with Crippen molar-refractivity contribution in [1.29, 1.82) is 0 Å². The second kappa shape index (κ2) is 16.8. The highest BCUT2D eigenvalue weighted by molar-refractivity contribution is 6.11. The van der Waals surface area contributed by atoms with Gasteiger partial charge in [0.1, 0.15) is 0 Å². The lowest BCUT2D eigenvalue weighted by atomic mass is 9.98. The molecule has 1 aromatic heterocycles. The Morgan fingerprint density at radius 1 is 0.273 bits per heavy atom. The Bertz CT molecular complexity index is 3870. The highest BCUT2D eigenvalue weighted by atomic mass is 15.1. The van der Waals surface area contributed by atoms with Crippen LogP contribution in [0, 0.1) is 0 Å². The molecule has 0 aliphatic carbocycles. The predicted molar refractivity (Wildman–Crippen MR) is 280 cm³/mol. The number of benzene rings is 11. The van der Waals surface area contributed by atoms with Gasteiger partial charge in [0.25, 0.3) is 0 Å². The summed E-state index contributed by atoms with van der Waals surface area (Å²) in [7, 11) is 0. The van der Waals surface area contributed by atoms with Gasteiger partial charge in [0.2, 0.25) is 0 Å². The number of anilines is 3. The van der Waals surface area contributed by atoms with Gasteiger partial charge in [0.05, 0.1) is 22.2 Å². The number of para-hydroxylation sites is 1. The molecule has 0 N–H and O–H groups in total. The van der Waals surface area contributed by atoms with Crippen molar-refractivity contribution >= 4 is 49.6 Å². The lowest BCUT2D eigenvalue weighted by Gasteiger charge is -2.26. The van der Waals surface area contributed by atoms with Gasteiger partial charge in [0, 0.05) is 33.2 Å². The third kappa shape index (κ3) is 7.21. The van der Waals surface area contributed by atoms with E-state index in [0.717, 1.165) is 82.8 Å². The lowest BCUT2D eigenvalue weighted by molar-refractivity contribution is 1.20. The number of aromatic nitrogens is 1. The van der Waals surface area contributed by atoms with Crippen molar-refractivity contribution in [2.45, 2.75) is 0 Å². The summed E-state index contributed by atoms with van der Waals surface area (Å²) in [5.74, 6) is 0. The van der Waals surface area contributed by atoms with Crippen molar-refractivity contribution in [3.63, 3.8) is 0 Å². The second-order valence-corrected chi connectivity index (χ2v) is 16.6. The van der Waals surface area contributed by atoms with Crippen molar-refractivity contribution in [1.82, 2.24) is 4.57 Å². The largest absolute Gasteiger partial charge is 0.311 e. The van der Waals surface area contributed by atoms with Crippen LogP contribution >= 0.6 is 0 Å². The first kappa shape index (κ1) is 34.7. The van der Waals surface area contributed by atoms with Crippen molar-refractivity contribution in [2.75, 3.05) is 4.90 Å². The highest BCUT2D eigenvalue weighted by Crippen LogP contribution is 2.40. The molecule has 0 aliphatic heterocycles. The summed E-state index contributed by atoms with van der Waals surface area (Å²) in [6.07, 6.45) is 0. The minimum atomic E-state index is -0.130. The maximum atomic E-state index is 9.75. The standard InChI is InChI=1S/C64H44N2/c1-3-13-45(14-4-1)47-25-27-48(28-26-47)49-29-36-56(37-30-49)65(57-38-31-50(32-39-57)54-20-11-19-53(43-54)46-15-5-2-6-16-46)58-40-33-51(34-41-58)55-35-42-64-61(44-55)60-22-9-10-23-63(60)66(64)62-24-12-18-52-17-7-8-21-59(52)62/h1-44H/i33D,34D,40D,41D. The Hall–Kier alpha value is -8.72. The molecular formula is C64H44N2. The van der Waals surface area contributed by atoms with E-state index in [0.29, 0.717) is 16.9 Å². The molecule has 0 unspecified atom stereocenters. The van der Waals surface area contributed by atoms with Crippen molar-refractivity contribution in [3.8, 4) is 61.3 Å². The molecule has 0 atom stereocenters. The van der Waals surface area contributed by atoms with Gasteiger partial charge >= 0.3 is 0 Å². The maximum absolute atomic E-state index is 9.75. The topological polar surface area (TPSA) is 8.17 Å². The first-order valence-electron chi connectivity index (χ1n) is 24.3. The van der Waals surface area contributed by atoms with E-state index in [1.54, 1.807) is 0 Å². The van der Waals surface area contributed by atoms with Gasteiger partial charge in [-0.3, -0.25) is 0 Å². The lowest BCUT2D eigenvalue weighted by Crippen LogP contribution is -2.09. The van der Waals surface area contributed by atoms with Crippen LogP contribution in [0.5, 0.6) is 0 Å². The molecule has 0 spiro atoms. The molecule has 0 saturated heterocycles. The third-order valence-electron chi connectivity index (χ3n) is 12.7. The molecular weight excluding hydrogens is 797 g/mol. The Morgan fingerprint density at radius 3 is 1.33 bits per heavy atom. The van der Waals surface area contributed by atoms with Crippen molar-refractivity contribution in [2.24, 2.45) is 0 Å². The summed E-state index contributed by atoms with van der Waals surface area (Å²) >= 11 is 0. The normalized spacial score (nSPS) is 12.2. The van der Waals surface area contributed by atoms with E-state index in [1.807, 2.05) is 95.9 Å². The average Bonchev–Trinajstić information content (AvgIpc) is 3.75. The van der Waals surface area contributed by atoms with Crippen LogP contribution in [0.2, 0.25) is 0 Å². The summed E-state index contributed by atoms with van der Waals surface area (Å²) in [4.78, 5) is 1.86. The van der Waals surface area contributed by atoms with Gasteiger partial charge in [-0.2, -0.15) is 0 Å². The molecule has 66 heavy (non-hydrogen) atoms. The zero-order valence-corrected chi connectivity index (χ0v) is 36.0. The molecule has 12 aromatic rings. The fraction of sp³-hybridized carbons (Fsp3) is 0. The zero-order valence-electron chi connectivity index (χ0n) is 40.0. The number of rotatable bonds is 9. The van der Waals surface area contributed by atoms with E-state index in [4.69, 9.17) is 0 Å². The van der Waals surface area contributed by atoms with Crippen molar-refractivity contribution in [3.05, 3.63) is 267 Å². The van der Waals surface area contributed by atoms with E-state index in [1.165, 1.54) is 0 Å². The quantitative estimate of drug-likeness (QED) is 0.141. The van der Waals surface area contributed by atoms with E-state index < -0.39 is 0 Å². The SMILES string of the molecule is [2H]c1c([2H])c(N(c2ccc(-c3ccc(-c4ccccc4)cc3)cc2)c2ccc(-c3cccc(-c4ccccc4)c3)cc2)c([2H])c([2H])c1-c1ccc2c(c1)c1ccccc1n2-c1cccc2ccccc12. The van der Waals surface area contributed by atoms with E-state index in [-0.39, 0.29) is 35.4 Å². The Balaban J connectivity index is 0.968. The van der Waals surface area contributed by atoms with Crippen LogP contribution in [0.1, 0.15) is 5.48 Å². The van der Waals surface area contributed by atoms with E-state index >= 15 is 0 Å². The zero-order chi connectivity index (χ0) is 47.3. The molecule has 310 valence electrons. The van der Waals surface area contributed by atoms with Gasteiger partial charge in [-0.05, 0) is 128 Å². The summed E-state index contributed by atoms with van der Waals surface area (Å²) < 4.78 is 41.1. The van der Waals surface area contributed by atoms with Crippen molar-refractivity contribution < 1.29 is 5.48 Å². The summed E-state index contributed by atoms with van der Waals surface area (Å²) in [6, 6.07) is 82.4. The Morgan fingerprint density at radius 2 is 0.697 bits per heavy atom. The number of fused-ring (bicyclic) bond motifs is 4. The molecule has 2 heteroatoms. The number of hydrogen-bond donors (Lipinski definition) is 0. The molecule has 0 bridgehead atoms. The molecule has 11 aromatic carbocycles. The van der Waals surface area contributed by atoms with Gasteiger partial charge < -0.3 is 9.47 Å². The summed E-state index contributed by atoms with van der Waals surface area (Å²) in [5, 5.41) is 4.29. The average molecular weight is 845 g/mol. The molecule has 0 radical (unpaired) electrons. The first-order chi connectivity index (χ1) is 34.4. The summed E-state index contributed by atoms with van der Waals surface area (Å²) in [6.45, 7) is 0. The van der Waals surface area contributed by atoms with Crippen LogP contribution < -0.4 is 4.90 Å². The molecule has 0 amide bonds. The van der Waals surface area contributed by atoms with E-state index in [2.05, 4.69) is 156 Å². The van der Waals surface area contributed by atoms with E-state index in [9.17, 15) is 5.48 Å². The van der Waals surface area contributed by atoms with Crippen LogP contribution in [0.3, 0.4) is 0 Å². The molecule has 12 rings (SSSR count). The predicted octanol–water partition coefficient (Wildman–Crippen LogP) is 17.7. The number of nitrogens with zero attached hydrogens (tertiary/aromatic N) is 2. The smallest absolute Gasteiger partial charge is 0.0645 e. The monoisotopic (exact) mass is 844 g/mol.